The number of aromatic nitrogens is 2. The van der Waals surface area contributed by atoms with Gasteiger partial charge in [-0.2, -0.15) is 0 Å². The molecule has 2 atom stereocenters. The Kier molecular flexibility index (Phi) is 3.58. The Morgan fingerprint density at radius 3 is 2.52 bits per heavy atom. The van der Waals surface area contributed by atoms with Gasteiger partial charge in [0.25, 0.3) is 0 Å². The number of nitrogen functional groups attached to an aromatic ring is 1. The van der Waals surface area contributed by atoms with E-state index in [1.807, 2.05) is 0 Å². The van der Waals surface area contributed by atoms with Crippen LogP contribution in [-0.4, -0.2) is 22.6 Å². The summed E-state index contributed by atoms with van der Waals surface area (Å²) in [6, 6.07) is 0.666. The third kappa shape index (κ3) is 2.60. The molecule has 2 fully saturated rings. The number of rotatable bonds is 1. The number of nitrogens with two attached hydrogens (primary N) is 1. The molecule has 4 nitrogen and oxygen atoms in total. The third-order valence-corrected chi connectivity index (χ3v) is 5.11. The Labute approximate surface area is 128 Å². The number of hydrogen-bond donors (Lipinski definition) is 1. The van der Waals surface area contributed by atoms with Gasteiger partial charge in [0.15, 0.2) is 0 Å². The Balaban J connectivity index is 1.99. The first-order valence-electron chi connectivity index (χ1n) is 8.29. The molecule has 1 saturated heterocycles. The van der Waals surface area contributed by atoms with E-state index >= 15 is 0 Å². The van der Waals surface area contributed by atoms with Crippen molar-refractivity contribution in [1.82, 2.24) is 9.97 Å². The molecule has 2 unspecified atom stereocenters. The normalized spacial score (nSPS) is 26.0. The van der Waals surface area contributed by atoms with E-state index in [0.717, 1.165) is 29.7 Å². The predicted molar refractivity (Wildman–Crippen MR) is 87.6 cm³/mol. The van der Waals surface area contributed by atoms with E-state index in [9.17, 15) is 0 Å². The van der Waals surface area contributed by atoms with Crippen molar-refractivity contribution in [2.45, 2.75) is 71.3 Å². The van der Waals surface area contributed by atoms with Gasteiger partial charge in [0.05, 0.1) is 0 Å². The lowest BCUT2D eigenvalue weighted by Gasteiger charge is -2.34. The molecule has 1 aliphatic heterocycles. The van der Waals surface area contributed by atoms with Crippen LogP contribution >= 0.6 is 0 Å². The van der Waals surface area contributed by atoms with Crippen LogP contribution in [0.15, 0.2) is 0 Å². The summed E-state index contributed by atoms with van der Waals surface area (Å²) in [7, 11) is 0. The molecule has 4 heteroatoms. The number of fused-ring (bicyclic) bond motifs is 1. The average Bonchev–Trinajstić information content (AvgIpc) is 2.84. The van der Waals surface area contributed by atoms with Crippen molar-refractivity contribution in [3.8, 4) is 0 Å². The largest absolute Gasteiger partial charge is 0.383 e. The molecule has 3 rings (SSSR count). The Bertz CT molecular complexity index is 532. The average molecular weight is 288 g/mol. The summed E-state index contributed by atoms with van der Waals surface area (Å²) in [6.45, 7) is 9.63. The Morgan fingerprint density at radius 1 is 1.10 bits per heavy atom. The highest BCUT2D eigenvalue weighted by atomic mass is 15.3. The minimum absolute atomic E-state index is 0.0672. The van der Waals surface area contributed by atoms with Gasteiger partial charge in [0.2, 0.25) is 0 Å². The van der Waals surface area contributed by atoms with Gasteiger partial charge in [-0.25, -0.2) is 9.97 Å². The first-order chi connectivity index (χ1) is 9.88. The maximum Gasteiger partial charge on any atom is 0.138 e. The lowest BCUT2D eigenvalue weighted by atomic mass is 9.85. The number of nitrogens with zero attached hydrogens (tertiary/aromatic N) is 3. The van der Waals surface area contributed by atoms with E-state index in [2.05, 4.69) is 37.6 Å². The van der Waals surface area contributed by atoms with Crippen LogP contribution in [0.5, 0.6) is 0 Å². The van der Waals surface area contributed by atoms with Gasteiger partial charge in [0.1, 0.15) is 17.5 Å². The van der Waals surface area contributed by atoms with E-state index in [-0.39, 0.29) is 5.41 Å². The van der Waals surface area contributed by atoms with Crippen LogP contribution in [0.4, 0.5) is 11.6 Å². The van der Waals surface area contributed by atoms with Gasteiger partial charge in [0, 0.05) is 23.6 Å². The third-order valence-electron chi connectivity index (χ3n) is 5.11. The molecule has 0 bridgehead atoms. The zero-order chi connectivity index (χ0) is 15.2. The maximum absolute atomic E-state index is 6.18. The summed E-state index contributed by atoms with van der Waals surface area (Å²) in [5.74, 6) is 3.44. The fourth-order valence-electron chi connectivity index (χ4n) is 3.81. The second-order valence-electron chi connectivity index (χ2n) is 7.73. The molecule has 2 heterocycles. The molecule has 0 radical (unpaired) electrons. The molecule has 2 aliphatic rings. The molecule has 0 aromatic carbocycles. The molecular formula is C17H28N4. The van der Waals surface area contributed by atoms with E-state index in [4.69, 9.17) is 10.7 Å². The minimum Gasteiger partial charge on any atom is -0.383 e. The summed E-state index contributed by atoms with van der Waals surface area (Å²) in [5.41, 5.74) is 7.16. The van der Waals surface area contributed by atoms with Crippen molar-refractivity contribution in [3.63, 3.8) is 0 Å². The SMILES string of the molecule is Cc1c(N)nc(C(C)(C)C)nc1N1CCC2CCCCC21. The van der Waals surface area contributed by atoms with Crippen molar-refractivity contribution in [1.29, 1.82) is 0 Å². The van der Waals surface area contributed by atoms with Gasteiger partial charge >= 0.3 is 0 Å². The monoisotopic (exact) mass is 288 g/mol. The molecule has 0 spiro atoms. The first-order valence-corrected chi connectivity index (χ1v) is 8.29. The van der Waals surface area contributed by atoms with Crippen LogP contribution in [0.3, 0.4) is 0 Å². The molecule has 0 amide bonds. The van der Waals surface area contributed by atoms with Gasteiger partial charge in [-0.15, -0.1) is 0 Å². The molecule has 1 saturated carbocycles. The Hall–Kier alpha value is -1.32. The van der Waals surface area contributed by atoms with Crippen LogP contribution in [0, 0.1) is 12.8 Å². The topological polar surface area (TPSA) is 55.0 Å². The molecule has 1 aromatic rings. The molecule has 1 aromatic heterocycles. The molecular weight excluding hydrogens is 260 g/mol. The summed E-state index contributed by atoms with van der Waals surface area (Å²) in [6.07, 6.45) is 6.74. The molecule has 1 aliphatic carbocycles. The zero-order valence-electron chi connectivity index (χ0n) is 13.8. The van der Waals surface area contributed by atoms with Gasteiger partial charge < -0.3 is 10.6 Å². The van der Waals surface area contributed by atoms with E-state index < -0.39 is 0 Å². The molecule has 21 heavy (non-hydrogen) atoms. The van der Waals surface area contributed by atoms with Crippen molar-refractivity contribution < 1.29 is 0 Å². The number of hydrogen-bond acceptors (Lipinski definition) is 4. The lowest BCUT2D eigenvalue weighted by molar-refractivity contribution is 0.341. The fourth-order valence-corrected chi connectivity index (χ4v) is 3.81. The lowest BCUT2D eigenvalue weighted by Crippen LogP contribution is -2.36. The Morgan fingerprint density at radius 2 is 1.81 bits per heavy atom. The summed E-state index contributed by atoms with van der Waals surface area (Å²) >= 11 is 0. The number of anilines is 2. The molecule has 116 valence electrons. The highest BCUT2D eigenvalue weighted by Gasteiger charge is 2.37. The van der Waals surface area contributed by atoms with E-state index in [1.165, 1.54) is 32.1 Å². The maximum atomic E-state index is 6.18. The minimum atomic E-state index is -0.0672. The van der Waals surface area contributed by atoms with Gasteiger partial charge in [-0.05, 0) is 32.1 Å². The summed E-state index contributed by atoms with van der Waals surface area (Å²) in [4.78, 5) is 12.0. The summed E-state index contributed by atoms with van der Waals surface area (Å²) < 4.78 is 0. The first kappa shape index (κ1) is 14.6. The standard InChI is InChI=1S/C17H28N4/c1-11-14(18)19-16(17(2,3)4)20-15(11)21-10-9-12-7-5-6-8-13(12)21/h12-13H,5-10H2,1-4H3,(H2,18,19,20). The van der Waals surface area contributed by atoms with Gasteiger partial charge in [-0.3, -0.25) is 0 Å². The zero-order valence-corrected chi connectivity index (χ0v) is 13.8. The van der Waals surface area contributed by atoms with Crippen molar-refractivity contribution in [2.75, 3.05) is 17.2 Å². The van der Waals surface area contributed by atoms with Crippen molar-refractivity contribution in [2.24, 2.45) is 5.92 Å². The van der Waals surface area contributed by atoms with Crippen LogP contribution in [0.25, 0.3) is 0 Å². The van der Waals surface area contributed by atoms with Crippen LogP contribution in [0.2, 0.25) is 0 Å². The van der Waals surface area contributed by atoms with Gasteiger partial charge in [-0.1, -0.05) is 33.6 Å². The smallest absolute Gasteiger partial charge is 0.138 e. The fraction of sp³-hybridized carbons (Fsp3) is 0.765. The second-order valence-corrected chi connectivity index (χ2v) is 7.73. The predicted octanol–water partition coefficient (Wildman–Crippen LogP) is 3.43. The van der Waals surface area contributed by atoms with Crippen LogP contribution in [0.1, 0.15) is 64.3 Å². The summed E-state index contributed by atoms with van der Waals surface area (Å²) in [5, 5.41) is 0. The van der Waals surface area contributed by atoms with Crippen molar-refractivity contribution in [3.05, 3.63) is 11.4 Å². The highest BCUT2D eigenvalue weighted by molar-refractivity contribution is 5.58. The quantitative estimate of drug-likeness (QED) is 0.860. The van der Waals surface area contributed by atoms with E-state index in [0.29, 0.717) is 11.9 Å². The van der Waals surface area contributed by atoms with Crippen LogP contribution in [-0.2, 0) is 5.41 Å². The highest BCUT2D eigenvalue weighted by Crippen LogP contribution is 2.40. The molecule has 2 N–H and O–H groups in total. The van der Waals surface area contributed by atoms with Crippen molar-refractivity contribution >= 4 is 11.6 Å². The second kappa shape index (κ2) is 5.15. The van der Waals surface area contributed by atoms with E-state index in [1.54, 1.807) is 0 Å². The van der Waals surface area contributed by atoms with Crippen LogP contribution < -0.4 is 10.6 Å².